The third kappa shape index (κ3) is 3.05. The second kappa shape index (κ2) is 5.74. The van der Waals surface area contributed by atoms with E-state index in [4.69, 9.17) is 22.1 Å². The summed E-state index contributed by atoms with van der Waals surface area (Å²) in [4.78, 5) is 0. The van der Waals surface area contributed by atoms with Crippen molar-refractivity contribution in [1.82, 2.24) is 0 Å². The molecule has 2 nitrogen and oxygen atoms in total. The highest BCUT2D eigenvalue weighted by Crippen LogP contribution is 2.33. The van der Waals surface area contributed by atoms with Crippen molar-refractivity contribution >= 4 is 27.5 Å². The average Bonchev–Trinajstić information content (AvgIpc) is 2.33. The van der Waals surface area contributed by atoms with Crippen LogP contribution in [0.3, 0.4) is 0 Å². The van der Waals surface area contributed by atoms with Gasteiger partial charge in [0.25, 0.3) is 0 Å². The molecule has 2 rings (SSSR count). The lowest BCUT2D eigenvalue weighted by molar-refractivity contribution is 0.476. The van der Waals surface area contributed by atoms with Crippen molar-refractivity contribution in [2.75, 3.05) is 0 Å². The van der Waals surface area contributed by atoms with Gasteiger partial charge in [-0.2, -0.15) is 0 Å². The Bertz CT molecular complexity index is 572. The molecule has 0 radical (unpaired) electrons. The second-order valence-electron chi connectivity index (χ2n) is 3.99. The molecular weight excluding hydrogens is 314 g/mol. The van der Waals surface area contributed by atoms with E-state index in [9.17, 15) is 0 Å². The van der Waals surface area contributed by atoms with Crippen LogP contribution >= 0.6 is 27.5 Å². The van der Waals surface area contributed by atoms with E-state index < -0.39 is 0 Å². The van der Waals surface area contributed by atoms with Crippen LogP contribution in [0.5, 0.6) is 11.5 Å². The zero-order chi connectivity index (χ0) is 13.1. The van der Waals surface area contributed by atoms with E-state index in [1.54, 1.807) is 0 Å². The molecule has 2 aromatic rings. The van der Waals surface area contributed by atoms with Crippen molar-refractivity contribution in [1.29, 1.82) is 0 Å². The van der Waals surface area contributed by atoms with Gasteiger partial charge in [-0.15, -0.1) is 0 Å². The summed E-state index contributed by atoms with van der Waals surface area (Å²) in [5.74, 6) is 1.35. The van der Waals surface area contributed by atoms with Gasteiger partial charge in [-0.25, -0.2) is 0 Å². The summed E-state index contributed by atoms with van der Waals surface area (Å²) in [6, 6.07) is 11.4. The summed E-state index contributed by atoms with van der Waals surface area (Å²) in [5.41, 5.74) is 7.73. The molecule has 0 saturated carbocycles. The van der Waals surface area contributed by atoms with Crippen molar-refractivity contribution in [2.24, 2.45) is 5.73 Å². The lowest BCUT2D eigenvalue weighted by Gasteiger charge is -2.12. The van der Waals surface area contributed by atoms with Gasteiger partial charge in [-0.1, -0.05) is 39.7 Å². The van der Waals surface area contributed by atoms with Gasteiger partial charge in [0.15, 0.2) is 0 Å². The minimum atomic E-state index is 0.423. The Kier molecular flexibility index (Phi) is 4.27. The molecule has 0 atom stereocenters. The Hall–Kier alpha value is -1.03. The van der Waals surface area contributed by atoms with Crippen molar-refractivity contribution in [2.45, 2.75) is 13.5 Å². The molecule has 94 valence electrons. The number of ether oxygens (including phenoxy) is 1. The third-order valence-corrected chi connectivity index (χ3v) is 3.35. The van der Waals surface area contributed by atoms with E-state index in [-0.39, 0.29) is 0 Å². The summed E-state index contributed by atoms with van der Waals surface area (Å²) >= 11 is 9.56. The van der Waals surface area contributed by atoms with Gasteiger partial charge in [0.05, 0.1) is 5.02 Å². The largest absolute Gasteiger partial charge is 0.455 e. The van der Waals surface area contributed by atoms with Crippen LogP contribution in [-0.4, -0.2) is 0 Å². The van der Waals surface area contributed by atoms with Gasteiger partial charge in [0.2, 0.25) is 0 Å². The molecule has 0 fully saturated rings. The summed E-state index contributed by atoms with van der Waals surface area (Å²) in [6.45, 7) is 2.41. The van der Waals surface area contributed by atoms with Crippen LogP contribution in [0, 0.1) is 6.92 Å². The SMILES string of the molecule is Cc1ccc(Oc2cc(Br)ccc2CN)c(Cl)c1. The minimum absolute atomic E-state index is 0.423. The fraction of sp³-hybridized carbons (Fsp3) is 0.143. The molecule has 0 saturated heterocycles. The number of halogens is 2. The molecule has 0 bridgehead atoms. The molecule has 0 aliphatic rings. The fourth-order valence-electron chi connectivity index (χ4n) is 1.60. The normalized spacial score (nSPS) is 10.4. The fourth-order valence-corrected chi connectivity index (χ4v) is 2.21. The molecular formula is C14H13BrClNO. The van der Waals surface area contributed by atoms with E-state index in [1.807, 2.05) is 43.3 Å². The van der Waals surface area contributed by atoms with E-state index >= 15 is 0 Å². The highest BCUT2D eigenvalue weighted by Gasteiger charge is 2.07. The van der Waals surface area contributed by atoms with Gasteiger partial charge in [0.1, 0.15) is 11.5 Å². The molecule has 4 heteroatoms. The summed E-state index contributed by atoms with van der Waals surface area (Å²) in [7, 11) is 0. The topological polar surface area (TPSA) is 35.2 Å². The quantitative estimate of drug-likeness (QED) is 0.890. The Balaban J connectivity index is 2.36. The Morgan fingerprint density at radius 2 is 1.94 bits per heavy atom. The molecule has 0 unspecified atom stereocenters. The number of nitrogens with two attached hydrogens (primary N) is 1. The first-order chi connectivity index (χ1) is 8.60. The number of hydrogen-bond donors (Lipinski definition) is 1. The molecule has 18 heavy (non-hydrogen) atoms. The minimum Gasteiger partial charge on any atom is -0.455 e. The van der Waals surface area contributed by atoms with E-state index in [0.717, 1.165) is 21.3 Å². The van der Waals surface area contributed by atoms with Crippen LogP contribution in [0.25, 0.3) is 0 Å². The second-order valence-corrected chi connectivity index (χ2v) is 5.31. The van der Waals surface area contributed by atoms with Gasteiger partial charge in [0, 0.05) is 16.6 Å². The van der Waals surface area contributed by atoms with Crippen molar-refractivity contribution < 1.29 is 4.74 Å². The maximum atomic E-state index is 6.15. The summed E-state index contributed by atoms with van der Waals surface area (Å²) < 4.78 is 6.77. The molecule has 0 spiro atoms. The molecule has 0 amide bonds. The first kappa shape index (κ1) is 13.4. The number of rotatable bonds is 3. The van der Waals surface area contributed by atoms with Crippen LogP contribution in [-0.2, 0) is 6.54 Å². The smallest absolute Gasteiger partial charge is 0.146 e. The van der Waals surface area contributed by atoms with Crippen molar-refractivity contribution in [3.63, 3.8) is 0 Å². The van der Waals surface area contributed by atoms with Crippen molar-refractivity contribution in [3.05, 3.63) is 57.0 Å². The van der Waals surface area contributed by atoms with Crippen LogP contribution in [0.2, 0.25) is 5.02 Å². The van der Waals surface area contributed by atoms with Gasteiger partial charge in [-0.3, -0.25) is 0 Å². The molecule has 0 aliphatic carbocycles. The number of benzene rings is 2. The van der Waals surface area contributed by atoms with E-state index in [2.05, 4.69) is 15.9 Å². The van der Waals surface area contributed by atoms with Crippen LogP contribution in [0.15, 0.2) is 40.9 Å². The number of aryl methyl sites for hydroxylation is 1. The highest BCUT2D eigenvalue weighted by molar-refractivity contribution is 9.10. The van der Waals surface area contributed by atoms with Crippen LogP contribution < -0.4 is 10.5 Å². The van der Waals surface area contributed by atoms with Gasteiger partial charge >= 0.3 is 0 Å². The Labute approximate surface area is 120 Å². The van der Waals surface area contributed by atoms with Gasteiger partial charge in [-0.05, 0) is 36.8 Å². The van der Waals surface area contributed by atoms with E-state index in [1.165, 1.54) is 0 Å². The average molecular weight is 327 g/mol. The maximum absolute atomic E-state index is 6.15. The third-order valence-electron chi connectivity index (χ3n) is 2.56. The molecule has 0 aliphatic heterocycles. The first-order valence-corrected chi connectivity index (χ1v) is 6.70. The standard InChI is InChI=1S/C14H13BrClNO/c1-9-2-5-13(12(16)6-9)18-14-7-11(15)4-3-10(14)8-17/h2-7H,8,17H2,1H3. The highest BCUT2D eigenvalue weighted by atomic mass is 79.9. The lowest BCUT2D eigenvalue weighted by atomic mass is 10.2. The predicted octanol–water partition coefficient (Wildman–Crippen LogP) is 4.66. The van der Waals surface area contributed by atoms with Crippen LogP contribution in [0.1, 0.15) is 11.1 Å². The molecule has 0 heterocycles. The maximum Gasteiger partial charge on any atom is 0.146 e. The molecule has 0 aromatic heterocycles. The molecule has 2 N–H and O–H groups in total. The Morgan fingerprint density at radius 3 is 2.61 bits per heavy atom. The van der Waals surface area contributed by atoms with E-state index in [0.29, 0.717) is 17.3 Å². The van der Waals surface area contributed by atoms with Crippen LogP contribution in [0.4, 0.5) is 0 Å². The van der Waals surface area contributed by atoms with Crippen molar-refractivity contribution in [3.8, 4) is 11.5 Å². The van der Waals surface area contributed by atoms with Gasteiger partial charge < -0.3 is 10.5 Å². The first-order valence-electron chi connectivity index (χ1n) is 5.52. The summed E-state index contributed by atoms with van der Waals surface area (Å²) in [6.07, 6.45) is 0. The predicted molar refractivity (Wildman–Crippen MR) is 78.3 cm³/mol. The monoisotopic (exact) mass is 325 g/mol. The zero-order valence-corrected chi connectivity index (χ0v) is 12.3. The Morgan fingerprint density at radius 1 is 1.17 bits per heavy atom. The summed E-state index contributed by atoms with van der Waals surface area (Å²) in [5, 5.41) is 0.595. The zero-order valence-electron chi connectivity index (χ0n) is 9.91. The number of hydrogen-bond acceptors (Lipinski definition) is 2. The molecule has 2 aromatic carbocycles. The lowest BCUT2D eigenvalue weighted by Crippen LogP contribution is -1.99.